The average Bonchev–Trinajstić information content (AvgIpc) is 3.59. The molecule has 0 aromatic carbocycles. The Morgan fingerprint density at radius 3 is 2.27 bits per heavy atom. The van der Waals surface area contributed by atoms with Crippen LogP contribution in [0.4, 0.5) is 0 Å². The number of nitrogens with one attached hydrogen (secondary N) is 1. The molecule has 1 aromatic heterocycles. The molecule has 0 spiro atoms. The lowest BCUT2D eigenvalue weighted by Gasteiger charge is -2.72. The smallest absolute Gasteiger partial charge is 0.335 e. The van der Waals surface area contributed by atoms with Crippen LogP contribution in [0, 0.1) is 56.2 Å². The minimum absolute atomic E-state index is 0.00721. The van der Waals surface area contributed by atoms with Crippen LogP contribution in [0.5, 0.6) is 0 Å². The van der Waals surface area contributed by atoms with Gasteiger partial charge in [0.1, 0.15) is 18.3 Å². The molecule has 6 aliphatic rings. The molecule has 5 fully saturated rings. The monoisotopic (exact) mass is 783 g/mol. The number of carbonyl (C=O) groups is 2. The summed E-state index contributed by atoms with van der Waals surface area (Å²) in [6.07, 6.45) is 8.64. The minimum atomic E-state index is -1.77. The molecular formula is C45H69NO10. The standard InChI is InChI=1S/C45H69NO10/c1-9-25-22-46-23-26(25)12-16-44-17-14-32(55-38-35(49)33(47)34(48)36(56-38)37(50)51)41(4,5)30(44)13-15-43(7)31(44)11-10-28-29-21-40(2,3)20-27(24-54-8)45(29,39(52)53)19-18-42(28,43)6/h10,22-23,27,29-36,38,46-49H,9,11-21,24H2,1-8H3,(H,50,51)(H,52,53)/t27-,29+,30+,31+,32+,33+,34+,35-,36+,38-,42-,43-,44+,45-/m1/s1. The summed E-state index contributed by atoms with van der Waals surface area (Å²) in [5, 5.41) is 52.8. The highest BCUT2D eigenvalue weighted by molar-refractivity contribution is 5.77. The van der Waals surface area contributed by atoms with Crippen LogP contribution in [0.3, 0.4) is 0 Å². The Hall–Kier alpha value is -2.28. The third-order valence-electron chi connectivity index (χ3n) is 17.5. The van der Waals surface area contributed by atoms with Gasteiger partial charge in [-0.05, 0) is 139 Å². The number of hydrogen-bond donors (Lipinski definition) is 6. The fourth-order valence-corrected chi connectivity index (χ4v) is 14.6. The number of hydrogen-bond acceptors (Lipinski definition) is 8. The van der Waals surface area contributed by atoms with Crippen molar-refractivity contribution >= 4 is 11.9 Å². The summed E-state index contributed by atoms with van der Waals surface area (Å²) >= 11 is 0. The number of aromatic nitrogens is 1. The molecule has 1 saturated heterocycles. The van der Waals surface area contributed by atoms with E-state index in [1.165, 1.54) is 16.7 Å². The summed E-state index contributed by atoms with van der Waals surface area (Å²) in [6, 6.07) is 0. The molecule has 0 unspecified atom stereocenters. The van der Waals surface area contributed by atoms with Crippen LogP contribution in [0.25, 0.3) is 0 Å². The lowest BCUT2D eigenvalue weighted by atomic mass is 9.32. The Bertz CT molecular complexity index is 1690. The Morgan fingerprint density at radius 2 is 1.61 bits per heavy atom. The number of rotatable bonds is 10. The lowest BCUT2D eigenvalue weighted by molar-refractivity contribution is -0.325. The van der Waals surface area contributed by atoms with Gasteiger partial charge in [0.25, 0.3) is 0 Å². The zero-order valence-corrected chi connectivity index (χ0v) is 35.0. The normalized spacial score (nSPS) is 45.4. The highest BCUT2D eigenvalue weighted by atomic mass is 16.7. The van der Waals surface area contributed by atoms with Gasteiger partial charge >= 0.3 is 11.9 Å². The van der Waals surface area contributed by atoms with E-state index in [1.54, 1.807) is 7.11 Å². The number of H-pyrrole nitrogens is 1. The van der Waals surface area contributed by atoms with Gasteiger partial charge < -0.3 is 44.7 Å². The molecular weight excluding hydrogens is 714 g/mol. The number of aliphatic hydroxyl groups excluding tert-OH is 3. The molecule has 11 nitrogen and oxygen atoms in total. The van der Waals surface area contributed by atoms with Crippen molar-refractivity contribution in [2.75, 3.05) is 13.7 Å². The van der Waals surface area contributed by atoms with Gasteiger partial charge in [-0.1, -0.05) is 60.1 Å². The van der Waals surface area contributed by atoms with E-state index in [2.05, 4.69) is 71.9 Å². The van der Waals surface area contributed by atoms with Crippen LogP contribution in [-0.2, 0) is 36.6 Å². The number of fused-ring (bicyclic) bond motifs is 7. The molecule has 2 heterocycles. The van der Waals surface area contributed by atoms with Crippen LogP contribution in [-0.4, -0.2) is 93.0 Å². The number of allylic oxidation sites excluding steroid dienone is 2. The van der Waals surface area contributed by atoms with Gasteiger partial charge in [0.05, 0.1) is 18.1 Å². The Morgan fingerprint density at radius 1 is 0.893 bits per heavy atom. The predicted molar refractivity (Wildman–Crippen MR) is 209 cm³/mol. The third kappa shape index (κ3) is 6.10. The van der Waals surface area contributed by atoms with Crippen molar-refractivity contribution in [1.29, 1.82) is 0 Å². The molecule has 11 heteroatoms. The number of aryl methyl sites for hydroxylation is 2. The first-order chi connectivity index (χ1) is 26.2. The van der Waals surface area contributed by atoms with E-state index in [4.69, 9.17) is 14.2 Å². The van der Waals surface area contributed by atoms with Crippen molar-refractivity contribution in [3.8, 4) is 0 Å². The second kappa shape index (κ2) is 14.5. The first kappa shape index (κ1) is 41.9. The molecule has 7 rings (SSSR count). The van der Waals surface area contributed by atoms with E-state index in [0.29, 0.717) is 25.4 Å². The van der Waals surface area contributed by atoms with E-state index >= 15 is 0 Å². The molecule has 0 bridgehead atoms. The number of aliphatic hydroxyl groups is 3. The Labute approximate surface area is 333 Å². The van der Waals surface area contributed by atoms with E-state index < -0.39 is 59.6 Å². The van der Waals surface area contributed by atoms with Crippen molar-refractivity contribution in [1.82, 2.24) is 4.98 Å². The summed E-state index contributed by atoms with van der Waals surface area (Å²) in [5.41, 5.74) is 2.47. The zero-order valence-electron chi connectivity index (χ0n) is 35.0. The van der Waals surface area contributed by atoms with Crippen molar-refractivity contribution in [2.45, 2.75) is 162 Å². The highest BCUT2D eigenvalue weighted by Crippen LogP contribution is 2.77. The molecule has 5 aliphatic carbocycles. The maximum atomic E-state index is 13.6. The number of carboxylic acids is 2. The van der Waals surface area contributed by atoms with Crippen LogP contribution in [0.2, 0.25) is 0 Å². The summed E-state index contributed by atoms with van der Waals surface area (Å²) < 4.78 is 18.0. The molecule has 0 radical (unpaired) electrons. The van der Waals surface area contributed by atoms with E-state index in [9.17, 15) is 35.1 Å². The highest BCUT2D eigenvalue weighted by Gasteiger charge is 2.71. The van der Waals surface area contributed by atoms with Gasteiger partial charge in [-0.2, -0.15) is 0 Å². The van der Waals surface area contributed by atoms with Crippen LogP contribution in [0.1, 0.15) is 124 Å². The van der Waals surface area contributed by atoms with Crippen LogP contribution < -0.4 is 0 Å². The third-order valence-corrected chi connectivity index (χ3v) is 17.5. The fraction of sp³-hybridized carbons (Fsp3) is 0.822. The molecule has 4 saturated carbocycles. The maximum Gasteiger partial charge on any atom is 0.335 e. The average molecular weight is 784 g/mol. The number of carboxylic acid groups (broad SMARTS) is 2. The van der Waals surface area contributed by atoms with Gasteiger partial charge in [0, 0.05) is 19.5 Å². The molecule has 0 amide bonds. The van der Waals surface area contributed by atoms with E-state index in [1.807, 2.05) is 0 Å². The van der Waals surface area contributed by atoms with Gasteiger partial charge in [0.2, 0.25) is 0 Å². The first-order valence-electron chi connectivity index (χ1n) is 21.4. The molecule has 6 N–H and O–H groups in total. The van der Waals surface area contributed by atoms with Gasteiger partial charge in [0.15, 0.2) is 12.4 Å². The summed E-state index contributed by atoms with van der Waals surface area (Å²) in [4.78, 5) is 28.9. The van der Waals surface area contributed by atoms with Crippen molar-refractivity contribution in [2.24, 2.45) is 56.2 Å². The van der Waals surface area contributed by atoms with E-state index in [0.717, 1.165) is 64.2 Å². The molecule has 1 aliphatic heterocycles. The summed E-state index contributed by atoms with van der Waals surface area (Å²) in [7, 11) is 1.70. The molecule has 56 heavy (non-hydrogen) atoms. The second-order valence-corrected chi connectivity index (χ2v) is 20.7. The largest absolute Gasteiger partial charge is 0.481 e. The van der Waals surface area contributed by atoms with Gasteiger partial charge in [-0.25, -0.2) is 4.79 Å². The van der Waals surface area contributed by atoms with Crippen LogP contribution in [0.15, 0.2) is 24.0 Å². The lowest BCUT2D eigenvalue weighted by Crippen LogP contribution is -2.67. The van der Waals surface area contributed by atoms with Crippen LogP contribution >= 0.6 is 0 Å². The molecule has 314 valence electrons. The second-order valence-electron chi connectivity index (χ2n) is 20.7. The number of methoxy groups -OCH3 is 1. The molecule has 14 atom stereocenters. The first-order valence-corrected chi connectivity index (χ1v) is 21.4. The maximum absolute atomic E-state index is 13.6. The Kier molecular flexibility index (Phi) is 10.8. The summed E-state index contributed by atoms with van der Waals surface area (Å²) in [5.74, 6) is -1.63. The number of ether oxygens (including phenoxy) is 3. The van der Waals surface area contributed by atoms with Gasteiger partial charge in [-0.15, -0.1) is 0 Å². The van der Waals surface area contributed by atoms with Crippen molar-refractivity contribution < 1.29 is 49.3 Å². The topological polar surface area (TPSA) is 179 Å². The zero-order chi connectivity index (χ0) is 40.8. The Balaban J connectivity index is 1.28. The predicted octanol–water partition coefficient (Wildman–Crippen LogP) is 6.53. The SMILES string of the molecule is CCc1c[nH]cc1CC[C@]12CC[C@H](O[C@@H]3O[C@H](C(=O)O)[C@@H](O)[C@H](O)[C@H]3O)C(C)(C)[C@@H]1CC[C@]1(C)[C@@H]2CC=C2[C@@H]3CC(C)(C)C[C@H](COC)[C@]3(C(=O)O)CC[C@]21C. The minimum Gasteiger partial charge on any atom is -0.481 e. The fourth-order valence-electron chi connectivity index (χ4n) is 14.6. The molecule has 1 aromatic rings. The summed E-state index contributed by atoms with van der Waals surface area (Å²) in [6.45, 7) is 16.8. The number of aliphatic carboxylic acids is 2. The van der Waals surface area contributed by atoms with Crippen molar-refractivity contribution in [3.05, 3.63) is 35.2 Å². The van der Waals surface area contributed by atoms with Crippen molar-refractivity contribution in [3.63, 3.8) is 0 Å². The quantitative estimate of drug-likeness (QED) is 0.113. The van der Waals surface area contributed by atoms with Gasteiger partial charge in [-0.3, -0.25) is 4.79 Å². The number of aromatic amines is 1. The van der Waals surface area contributed by atoms with E-state index in [-0.39, 0.29) is 39.4 Å².